The van der Waals surface area contributed by atoms with Gasteiger partial charge in [-0.15, -0.1) is 0 Å². The average Bonchev–Trinajstić information content (AvgIpc) is 3.24. The van der Waals surface area contributed by atoms with E-state index in [2.05, 4.69) is 5.32 Å². The summed E-state index contributed by atoms with van der Waals surface area (Å²) in [5.74, 6) is -0.276. The van der Waals surface area contributed by atoms with Gasteiger partial charge in [-0.05, 0) is 29.8 Å². The van der Waals surface area contributed by atoms with Crippen LogP contribution in [0.4, 0.5) is 5.69 Å². The number of nitrogens with zero attached hydrogens (tertiary/aromatic N) is 2. The topological polar surface area (TPSA) is 72.8 Å². The van der Waals surface area contributed by atoms with Crippen molar-refractivity contribution in [2.24, 2.45) is 7.05 Å². The predicted octanol–water partition coefficient (Wildman–Crippen LogP) is 4.75. The van der Waals surface area contributed by atoms with Gasteiger partial charge in [0.05, 0.1) is 25.7 Å². The number of carbonyl (C=O) groups excluding carboxylic acids is 2. The van der Waals surface area contributed by atoms with Gasteiger partial charge in [-0.2, -0.15) is 0 Å². The lowest BCUT2D eigenvalue weighted by Gasteiger charge is -2.41. The summed E-state index contributed by atoms with van der Waals surface area (Å²) < 4.78 is 12.7. The molecule has 1 N–H and O–H groups in total. The molecule has 2 amide bonds. The molecule has 1 aliphatic rings. The minimum absolute atomic E-state index is 0.106. The molecule has 0 radical (unpaired) electrons. The van der Waals surface area contributed by atoms with Crippen LogP contribution in [0.3, 0.4) is 0 Å². The van der Waals surface area contributed by atoms with Gasteiger partial charge in [0.2, 0.25) is 5.91 Å². The van der Waals surface area contributed by atoms with Crippen LogP contribution in [0.2, 0.25) is 0 Å². The molecule has 2 unspecified atom stereocenters. The van der Waals surface area contributed by atoms with E-state index in [9.17, 15) is 9.59 Å². The number of ether oxygens (including phenoxy) is 2. The zero-order valence-electron chi connectivity index (χ0n) is 20.6. The van der Waals surface area contributed by atoms with Gasteiger partial charge in [0.25, 0.3) is 5.91 Å². The van der Waals surface area contributed by atoms with E-state index in [1.54, 1.807) is 31.3 Å². The van der Waals surface area contributed by atoms with Crippen molar-refractivity contribution in [2.75, 3.05) is 32.7 Å². The summed E-state index contributed by atoms with van der Waals surface area (Å²) in [4.78, 5) is 29.6. The zero-order valence-corrected chi connectivity index (χ0v) is 20.6. The number of amides is 2. The van der Waals surface area contributed by atoms with Crippen LogP contribution >= 0.6 is 0 Å². The van der Waals surface area contributed by atoms with E-state index < -0.39 is 12.0 Å². The van der Waals surface area contributed by atoms with E-state index >= 15 is 0 Å². The van der Waals surface area contributed by atoms with Crippen LogP contribution in [0.15, 0.2) is 79.0 Å². The Kier molecular flexibility index (Phi) is 6.48. The van der Waals surface area contributed by atoms with Crippen LogP contribution in [0.5, 0.6) is 5.75 Å². The molecule has 5 rings (SSSR count). The van der Waals surface area contributed by atoms with Crippen LogP contribution in [0.25, 0.3) is 10.9 Å². The molecule has 2 heterocycles. The Balaban J connectivity index is 1.68. The molecule has 1 aliphatic heterocycles. The predicted molar refractivity (Wildman–Crippen MR) is 139 cm³/mol. The van der Waals surface area contributed by atoms with Crippen LogP contribution in [0.1, 0.15) is 33.4 Å². The summed E-state index contributed by atoms with van der Waals surface area (Å²) in [6, 6.07) is 22.2. The van der Waals surface area contributed by atoms with Crippen molar-refractivity contribution in [2.45, 2.75) is 12.0 Å². The molecular weight excluding hydrogens is 454 g/mol. The third kappa shape index (κ3) is 4.12. The summed E-state index contributed by atoms with van der Waals surface area (Å²) in [7, 11) is 5.19. The molecule has 36 heavy (non-hydrogen) atoms. The van der Waals surface area contributed by atoms with Crippen LogP contribution in [-0.2, 0) is 16.6 Å². The first-order valence-corrected chi connectivity index (χ1v) is 11.9. The highest BCUT2D eigenvalue weighted by Gasteiger charge is 2.45. The van der Waals surface area contributed by atoms with E-state index in [1.807, 2.05) is 78.5 Å². The van der Waals surface area contributed by atoms with E-state index in [0.717, 1.165) is 22.0 Å². The summed E-state index contributed by atoms with van der Waals surface area (Å²) in [5.41, 5.74) is 3.86. The number of hydrogen-bond acceptors (Lipinski definition) is 4. The van der Waals surface area contributed by atoms with E-state index in [0.29, 0.717) is 30.2 Å². The van der Waals surface area contributed by atoms with Crippen molar-refractivity contribution in [3.63, 3.8) is 0 Å². The van der Waals surface area contributed by atoms with E-state index in [4.69, 9.17) is 9.47 Å². The van der Waals surface area contributed by atoms with Crippen molar-refractivity contribution in [3.8, 4) is 5.75 Å². The Hall–Kier alpha value is -4.10. The highest BCUT2D eigenvalue weighted by atomic mass is 16.5. The Bertz CT molecular complexity index is 1430. The Labute approximate surface area is 210 Å². The number of aryl methyl sites for hydroxylation is 1. The monoisotopic (exact) mass is 483 g/mol. The van der Waals surface area contributed by atoms with Crippen molar-refractivity contribution in [1.82, 2.24) is 9.47 Å². The number of benzene rings is 3. The summed E-state index contributed by atoms with van der Waals surface area (Å²) in [6.07, 6.45) is 2.03. The zero-order chi connectivity index (χ0) is 25.2. The second kappa shape index (κ2) is 9.87. The van der Waals surface area contributed by atoms with Crippen molar-refractivity contribution in [1.29, 1.82) is 0 Å². The fourth-order valence-corrected chi connectivity index (χ4v) is 5.19. The normalized spacial score (nSPS) is 17.2. The molecule has 7 heteroatoms. The molecule has 0 bridgehead atoms. The SMILES string of the molecule is COCCN1C(=O)c2ccccc2C(C(=O)Nc2cccc(OC)c2)C1c1cn(C)c2ccccc12. The van der Waals surface area contributed by atoms with Crippen molar-refractivity contribution < 1.29 is 19.1 Å². The molecule has 3 aromatic carbocycles. The average molecular weight is 484 g/mol. The van der Waals surface area contributed by atoms with Crippen LogP contribution < -0.4 is 10.1 Å². The Morgan fingerprint density at radius 3 is 2.56 bits per heavy atom. The van der Waals surface area contributed by atoms with Gasteiger partial charge < -0.3 is 24.3 Å². The first-order chi connectivity index (χ1) is 17.5. The summed E-state index contributed by atoms with van der Waals surface area (Å²) in [5, 5.41) is 4.09. The second-order valence-electron chi connectivity index (χ2n) is 8.93. The quantitative estimate of drug-likeness (QED) is 0.412. The number of methoxy groups -OCH3 is 2. The minimum atomic E-state index is -0.632. The number of nitrogens with one attached hydrogen (secondary N) is 1. The number of hydrogen-bond donors (Lipinski definition) is 1. The number of para-hydroxylation sites is 1. The van der Waals surface area contributed by atoms with Gasteiger partial charge in [-0.1, -0.05) is 42.5 Å². The standard InChI is InChI=1S/C29H29N3O4/c1-31-18-24(21-11-6-7-14-25(21)31)27-26(28(33)30-19-9-8-10-20(17-19)36-3)22-12-4-5-13-23(22)29(34)32(27)15-16-35-2/h4-14,17-18,26-27H,15-16H2,1-3H3,(H,30,33). The Morgan fingerprint density at radius 1 is 0.972 bits per heavy atom. The van der Waals surface area contributed by atoms with Crippen LogP contribution in [-0.4, -0.2) is 48.7 Å². The fourth-order valence-electron chi connectivity index (χ4n) is 5.19. The maximum atomic E-state index is 14.1. The van der Waals surface area contributed by atoms with Gasteiger partial charge in [0.15, 0.2) is 0 Å². The number of aromatic nitrogens is 1. The fraction of sp³-hybridized carbons (Fsp3) is 0.241. The first kappa shape index (κ1) is 23.6. The van der Waals surface area contributed by atoms with Gasteiger partial charge in [0, 0.05) is 60.7 Å². The molecule has 2 atom stereocenters. The smallest absolute Gasteiger partial charge is 0.254 e. The number of anilines is 1. The molecule has 0 fully saturated rings. The molecule has 0 saturated carbocycles. The van der Waals surface area contributed by atoms with E-state index in [1.165, 1.54) is 0 Å². The number of rotatable bonds is 7. The molecule has 7 nitrogen and oxygen atoms in total. The van der Waals surface area contributed by atoms with Gasteiger partial charge in [-0.25, -0.2) is 0 Å². The Morgan fingerprint density at radius 2 is 1.75 bits per heavy atom. The molecule has 0 spiro atoms. The molecule has 0 saturated heterocycles. The minimum Gasteiger partial charge on any atom is -0.497 e. The molecule has 1 aromatic heterocycles. The lowest BCUT2D eigenvalue weighted by molar-refractivity contribution is -0.119. The molecule has 184 valence electrons. The third-order valence-corrected chi connectivity index (χ3v) is 6.84. The maximum absolute atomic E-state index is 14.1. The first-order valence-electron chi connectivity index (χ1n) is 11.9. The summed E-state index contributed by atoms with van der Waals surface area (Å²) in [6.45, 7) is 0.722. The highest BCUT2D eigenvalue weighted by Crippen LogP contribution is 2.45. The number of fused-ring (bicyclic) bond motifs is 2. The van der Waals surface area contributed by atoms with Gasteiger partial charge in [-0.3, -0.25) is 9.59 Å². The third-order valence-electron chi connectivity index (χ3n) is 6.84. The lowest BCUT2D eigenvalue weighted by Crippen LogP contribution is -2.47. The molecule has 0 aliphatic carbocycles. The van der Waals surface area contributed by atoms with Crippen molar-refractivity contribution >= 4 is 28.4 Å². The number of carbonyl (C=O) groups is 2. The largest absolute Gasteiger partial charge is 0.497 e. The maximum Gasteiger partial charge on any atom is 0.254 e. The molecular formula is C29H29N3O4. The van der Waals surface area contributed by atoms with Gasteiger partial charge >= 0.3 is 0 Å². The second-order valence-corrected chi connectivity index (χ2v) is 8.93. The van der Waals surface area contributed by atoms with Gasteiger partial charge in [0.1, 0.15) is 5.75 Å². The lowest BCUT2D eigenvalue weighted by atomic mass is 9.79. The highest BCUT2D eigenvalue weighted by molar-refractivity contribution is 6.05. The summed E-state index contributed by atoms with van der Waals surface area (Å²) >= 11 is 0. The van der Waals surface area contributed by atoms with Crippen LogP contribution in [0, 0.1) is 0 Å². The van der Waals surface area contributed by atoms with E-state index in [-0.39, 0.29) is 11.8 Å². The van der Waals surface area contributed by atoms with Crippen molar-refractivity contribution in [3.05, 3.63) is 95.7 Å². The molecule has 4 aromatic rings.